The number of allylic oxidation sites excluding steroid dienone is 2. The van der Waals surface area contributed by atoms with Crippen molar-refractivity contribution in [2.45, 2.75) is 77.3 Å². The van der Waals surface area contributed by atoms with Gasteiger partial charge in [0.25, 0.3) is 0 Å². The van der Waals surface area contributed by atoms with E-state index in [0.717, 1.165) is 31.2 Å². The van der Waals surface area contributed by atoms with E-state index in [1.807, 2.05) is 29.0 Å². The van der Waals surface area contributed by atoms with Crippen molar-refractivity contribution in [3.63, 3.8) is 0 Å². The molecule has 14 nitrogen and oxygen atoms in total. The van der Waals surface area contributed by atoms with Crippen LogP contribution in [-0.4, -0.2) is 89.2 Å². The maximum Gasteiger partial charge on any atom is 0.374 e. The second-order valence-electron chi connectivity index (χ2n) is 12.1. The Kier molecular flexibility index (Phi) is 8.95. The maximum atomic E-state index is 12.9. The number of carbonyl (C=O) groups excluding carboxylic acids is 2. The Morgan fingerprint density at radius 3 is 2.85 bits per heavy atom. The van der Waals surface area contributed by atoms with Gasteiger partial charge in [-0.05, 0) is 31.9 Å². The third-order valence-electron chi connectivity index (χ3n) is 8.82. The van der Waals surface area contributed by atoms with Crippen LogP contribution in [0.25, 0.3) is 5.57 Å². The molecule has 0 saturated carbocycles. The summed E-state index contributed by atoms with van der Waals surface area (Å²) in [5.41, 5.74) is 7.08. The number of fused-ring (bicyclic) bond motifs is 3. The zero-order valence-corrected chi connectivity index (χ0v) is 27.1. The molecular weight excluding hydrogens is 606 g/mol. The van der Waals surface area contributed by atoms with Crippen LogP contribution in [0.2, 0.25) is 0 Å². The van der Waals surface area contributed by atoms with Crippen molar-refractivity contribution in [2.24, 2.45) is 20.7 Å². The molecule has 1 aromatic rings. The summed E-state index contributed by atoms with van der Waals surface area (Å²) in [6, 6.07) is 1.76. The Balaban J connectivity index is 1.30. The summed E-state index contributed by atoms with van der Waals surface area (Å²) in [5, 5.41) is 14.7. The molecule has 3 unspecified atom stereocenters. The average molecular weight is 648 g/mol. The summed E-state index contributed by atoms with van der Waals surface area (Å²) in [7, 11) is 1.59. The lowest BCUT2D eigenvalue weighted by molar-refractivity contribution is -0.141. The number of nitrogens with two attached hydrogens (primary N) is 1. The summed E-state index contributed by atoms with van der Waals surface area (Å²) >= 11 is 0. The van der Waals surface area contributed by atoms with Gasteiger partial charge in [-0.25, -0.2) is 4.79 Å². The van der Waals surface area contributed by atoms with E-state index >= 15 is 0 Å². The Bertz CT molecular complexity index is 1640. The van der Waals surface area contributed by atoms with Crippen molar-refractivity contribution in [1.29, 1.82) is 0 Å². The minimum Gasteiger partial charge on any atom is -0.496 e. The van der Waals surface area contributed by atoms with E-state index in [2.05, 4.69) is 27.2 Å². The molecule has 3 atom stereocenters. The second-order valence-corrected chi connectivity index (χ2v) is 12.1. The second kappa shape index (κ2) is 13.1. The summed E-state index contributed by atoms with van der Waals surface area (Å²) in [6.07, 6.45) is 11.7. The SMILES string of the molecule is CCCCCCC(C)(O)C1Cc2c(cc3c(c2OC)C(=CCN2C=CNC2N2CN=C4C(=O)N=C(N)N=C42)C=C(C(=O)OCC)O3)O1. The van der Waals surface area contributed by atoms with Gasteiger partial charge in [0.15, 0.2) is 17.8 Å². The highest BCUT2D eigenvalue weighted by atomic mass is 16.6. The van der Waals surface area contributed by atoms with Crippen LogP contribution in [0.3, 0.4) is 0 Å². The standard InChI is InChI=1S/C33H41N7O7/c1-5-7-8-9-11-33(3,43)24-16-20-21(47-24)17-22-25(27(20)44-4)19(15-23(46-22)30(42)45-6-2)10-13-39-14-12-35-32(39)40-18-36-26-28(40)37-31(34)38-29(26)41/h10,12,14-15,17,24,32,35,43H,5-9,11,13,16,18H2,1-4H3,(H2,34,38,41). The number of ether oxygens (including phenoxy) is 4. The van der Waals surface area contributed by atoms with E-state index in [0.29, 0.717) is 53.6 Å². The number of hydrogen-bond donors (Lipinski definition) is 3. The lowest BCUT2D eigenvalue weighted by Crippen LogP contribution is -2.53. The van der Waals surface area contributed by atoms with Crippen molar-refractivity contribution >= 4 is 35.0 Å². The number of aliphatic imine (C=N–C) groups is 3. The molecule has 5 aliphatic rings. The molecule has 6 rings (SSSR count). The number of guanidine groups is 1. The van der Waals surface area contributed by atoms with Crippen molar-refractivity contribution in [2.75, 3.05) is 26.9 Å². The van der Waals surface area contributed by atoms with Crippen molar-refractivity contribution in [3.8, 4) is 17.2 Å². The topological polar surface area (TPSA) is 173 Å². The van der Waals surface area contributed by atoms with Crippen LogP contribution in [0.15, 0.2) is 51.4 Å². The van der Waals surface area contributed by atoms with Crippen LogP contribution in [0.4, 0.5) is 0 Å². The van der Waals surface area contributed by atoms with Gasteiger partial charge in [0.2, 0.25) is 11.7 Å². The fourth-order valence-corrected chi connectivity index (χ4v) is 6.37. The minimum absolute atomic E-state index is 0.0270. The predicted octanol–water partition coefficient (Wildman–Crippen LogP) is 2.57. The van der Waals surface area contributed by atoms with Crippen LogP contribution in [0, 0.1) is 0 Å². The molecule has 0 aliphatic carbocycles. The number of amides is 1. The van der Waals surface area contributed by atoms with Crippen LogP contribution >= 0.6 is 0 Å². The predicted molar refractivity (Wildman–Crippen MR) is 175 cm³/mol. The van der Waals surface area contributed by atoms with E-state index in [1.165, 1.54) is 0 Å². The number of esters is 1. The Hall–Kier alpha value is -4.85. The van der Waals surface area contributed by atoms with E-state index in [1.54, 1.807) is 32.4 Å². The summed E-state index contributed by atoms with van der Waals surface area (Å²) in [5.74, 6) is 0.638. The molecule has 0 saturated heterocycles. The highest BCUT2D eigenvalue weighted by Crippen LogP contribution is 2.50. The third-order valence-corrected chi connectivity index (χ3v) is 8.82. The highest BCUT2D eigenvalue weighted by molar-refractivity contribution is 6.69. The lowest BCUT2D eigenvalue weighted by Gasteiger charge is -2.33. The molecule has 47 heavy (non-hydrogen) atoms. The Morgan fingerprint density at radius 1 is 1.26 bits per heavy atom. The zero-order valence-electron chi connectivity index (χ0n) is 27.1. The highest BCUT2D eigenvalue weighted by Gasteiger charge is 2.42. The number of amidine groups is 1. The first kappa shape index (κ1) is 32.1. The van der Waals surface area contributed by atoms with Gasteiger partial charge in [0.05, 0.1) is 24.9 Å². The molecule has 250 valence electrons. The van der Waals surface area contributed by atoms with Gasteiger partial charge < -0.3 is 40.0 Å². The first-order chi connectivity index (χ1) is 22.6. The van der Waals surface area contributed by atoms with Gasteiger partial charge in [-0.1, -0.05) is 38.7 Å². The maximum absolute atomic E-state index is 12.9. The lowest BCUT2D eigenvalue weighted by atomic mass is 9.88. The van der Waals surface area contributed by atoms with Gasteiger partial charge in [-0.2, -0.15) is 9.98 Å². The van der Waals surface area contributed by atoms with Crippen LogP contribution < -0.4 is 25.3 Å². The minimum atomic E-state index is -1.04. The van der Waals surface area contributed by atoms with Gasteiger partial charge in [-0.3, -0.25) is 14.7 Å². The molecule has 4 N–H and O–H groups in total. The zero-order chi connectivity index (χ0) is 33.3. The van der Waals surface area contributed by atoms with Gasteiger partial charge >= 0.3 is 11.9 Å². The third kappa shape index (κ3) is 6.16. The summed E-state index contributed by atoms with van der Waals surface area (Å²) in [6.45, 7) is 6.47. The first-order valence-electron chi connectivity index (χ1n) is 16.0. The summed E-state index contributed by atoms with van der Waals surface area (Å²) in [4.78, 5) is 41.3. The molecule has 0 radical (unpaired) electrons. The first-order valence-corrected chi connectivity index (χ1v) is 16.0. The molecule has 0 fully saturated rings. The largest absolute Gasteiger partial charge is 0.496 e. The number of nitrogens with one attached hydrogen (secondary N) is 1. The van der Waals surface area contributed by atoms with Crippen LogP contribution in [0.5, 0.6) is 17.2 Å². The number of aliphatic hydroxyl groups is 1. The number of nitrogens with zero attached hydrogens (tertiary/aromatic N) is 5. The van der Waals surface area contributed by atoms with Gasteiger partial charge in [0, 0.05) is 37.0 Å². The normalized spacial score (nSPS) is 23.0. The van der Waals surface area contributed by atoms with E-state index in [4.69, 9.17) is 24.7 Å². The van der Waals surface area contributed by atoms with Crippen molar-refractivity contribution in [3.05, 3.63) is 47.5 Å². The molecule has 0 aromatic heterocycles. The fourth-order valence-electron chi connectivity index (χ4n) is 6.37. The van der Waals surface area contributed by atoms with Crippen molar-refractivity contribution < 1.29 is 33.6 Å². The quantitative estimate of drug-likeness (QED) is 0.225. The van der Waals surface area contributed by atoms with Crippen LogP contribution in [-0.2, 0) is 20.7 Å². The van der Waals surface area contributed by atoms with Crippen molar-refractivity contribution in [1.82, 2.24) is 15.1 Å². The van der Waals surface area contributed by atoms with E-state index in [9.17, 15) is 14.7 Å². The fraction of sp³-hybridized carbons (Fsp3) is 0.485. The number of rotatable bonds is 12. The van der Waals surface area contributed by atoms with E-state index < -0.39 is 29.9 Å². The van der Waals surface area contributed by atoms with Gasteiger partial charge in [0.1, 0.15) is 30.0 Å². The number of unbranched alkanes of at least 4 members (excludes halogenated alkanes) is 3. The molecule has 5 heterocycles. The smallest absolute Gasteiger partial charge is 0.374 e. The molecule has 0 spiro atoms. The van der Waals surface area contributed by atoms with E-state index in [-0.39, 0.29) is 30.7 Å². The molecule has 1 amide bonds. The number of hydrogen-bond acceptors (Lipinski definition) is 13. The molecule has 1 aromatic carbocycles. The summed E-state index contributed by atoms with van der Waals surface area (Å²) < 4.78 is 23.7. The number of methoxy groups -OCH3 is 1. The van der Waals surface area contributed by atoms with Gasteiger partial charge in [-0.15, -0.1) is 0 Å². The Morgan fingerprint density at radius 2 is 2.09 bits per heavy atom. The molecule has 5 aliphatic heterocycles. The Labute approximate surface area is 273 Å². The number of carbonyl (C=O) groups is 2. The molecule has 14 heteroatoms. The number of benzene rings is 1. The average Bonchev–Trinajstić information content (AvgIpc) is 3.79. The monoisotopic (exact) mass is 647 g/mol. The molecule has 0 bridgehead atoms. The molecular formula is C33H41N7O7. The van der Waals surface area contributed by atoms with Crippen LogP contribution in [0.1, 0.15) is 64.0 Å².